The minimum atomic E-state index is -0.351. The summed E-state index contributed by atoms with van der Waals surface area (Å²) in [6.45, 7) is 1.76. The van der Waals surface area contributed by atoms with Gasteiger partial charge in [0, 0.05) is 6.04 Å². The van der Waals surface area contributed by atoms with Gasteiger partial charge in [0.2, 0.25) is 0 Å². The zero-order valence-corrected chi connectivity index (χ0v) is 9.19. The molecule has 14 heavy (non-hydrogen) atoms. The predicted octanol–water partition coefficient (Wildman–Crippen LogP) is 3.03. The maximum absolute atomic E-state index is 12.0. The van der Waals surface area contributed by atoms with Gasteiger partial charge in [-0.3, -0.25) is 4.39 Å². The first-order valence-electron chi connectivity index (χ1n) is 4.68. The average Bonchev–Trinajstić information content (AvgIpc) is 2.18. The van der Waals surface area contributed by atoms with Gasteiger partial charge in [0.1, 0.15) is 0 Å². The normalized spacial score (nSPS) is 11.9. The second-order valence-electron chi connectivity index (χ2n) is 3.18. The summed E-state index contributed by atoms with van der Waals surface area (Å²) in [6.07, 6.45) is 1.43. The summed E-state index contributed by atoms with van der Waals surface area (Å²) in [5.41, 5.74) is 8.07. The molecule has 80 valence electrons. The van der Waals surface area contributed by atoms with Crippen LogP contribution < -0.4 is 5.73 Å². The summed E-state index contributed by atoms with van der Waals surface area (Å²) in [5.74, 6) is 0. The van der Waals surface area contributed by atoms with Crippen molar-refractivity contribution in [3.63, 3.8) is 0 Å². The Kier molecular flexibility index (Phi) is 6.50. The van der Waals surface area contributed by atoms with Gasteiger partial charge in [0.15, 0.2) is 0 Å². The van der Waals surface area contributed by atoms with Crippen LogP contribution in [0, 0.1) is 0 Å². The molecular formula is C11H17ClFN. The number of hydrogen-bond donors (Lipinski definition) is 1. The standard InChI is InChI=1S/C11H16FN.ClH/c1-2-9-3-5-10(6-4-9)11(13)7-8-12;/h3-6,11H,2,7-8,13H2,1H3;1H/t11-;/m1./s1. The summed E-state index contributed by atoms with van der Waals surface area (Å²) in [4.78, 5) is 0. The van der Waals surface area contributed by atoms with E-state index in [2.05, 4.69) is 6.92 Å². The Morgan fingerprint density at radius 2 is 1.86 bits per heavy atom. The van der Waals surface area contributed by atoms with Crippen molar-refractivity contribution in [3.05, 3.63) is 35.4 Å². The summed E-state index contributed by atoms with van der Waals surface area (Å²) >= 11 is 0. The number of aryl methyl sites for hydroxylation is 1. The van der Waals surface area contributed by atoms with Crippen molar-refractivity contribution in [2.75, 3.05) is 6.67 Å². The zero-order valence-electron chi connectivity index (χ0n) is 8.37. The van der Waals surface area contributed by atoms with Crippen molar-refractivity contribution in [1.29, 1.82) is 0 Å². The third-order valence-electron chi connectivity index (χ3n) is 2.24. The van der Waals surface area contributed by atoms with Crippen molar-refractivity contribution in [2.45, 2.75) is 25.8 Å². The monoisotopic (exact) mass is 217 g/mol. The molecule has 1 aromatic rings. The maximum Gasteiger partial charge on any atom is 0.0912 e. The number of hydrogen-bond acceptors (Lipinski definition) is 1. The molecule has 0 fully saturated rings. The van der Waals surface area contributed by atoms with Crippen molar-refractivity contribution in [3.8, 4) is 0 Å². The molecule has 0 saturated heterocycles. The minimum absolute atomic E-state index is 0. The highest BCUT2D eigenvalue weighted by Crippen LogP contribution is 2.14. The summed E-state index contributed by atoms with van der Waals surface area (Å²) < 4.78 is 12.0. The number of nitrogens with two attached hydrogens (primary N) is 1. The number of alkyl halides is 1. The quantitative estimate of drug-likeness (QED) is 0.825. The summed E-state index contributed by atoms with van der Waals surface area (Å²) in [6, 6.07) is 7.91. The van der Waals surface area contributed by atoms with Gasteiger partial charge in [-0.15, -0.1) is 12.4 Å². The number of halogens is 2. The van der Waals surface area contributed by atoms with Gasteiger partial charge < -0.3 is 5.73 Å². The molecule has 1 rings (SSSR count). The van der Waals surface area contributed by atoms with Gasteiger partial charge in [-0.1, -0.05) is 31.2 Å². The maximum atomic E-state index is 12.0. The Labute approximate surface area is 90.9 Å². The topological polar surface area (TPSA) is 26.0 Å². The van der Waals surface area contributed by atoms with E-state index in [9.17, 15) is 4.39 Å². The SMILES string of the molecule is CCc1ccc([C@H](N)CCF)cc1.Cl. The highest BCUT2D eigenvalue weighted by molar-refractivity contribution is 5.85. The van der Waals surface area contributed by atoms with Gasteiger partial charge in [0.25, 0.3) is 0 Å². The van der Waals surface area contributed by atoms with Crippen LogP contribution >= 0.6 is 12.4 Å². The fraction of sp³-hybridized carbons (Fsp3) is 0.455. The Balaban J connectivity index is 0.00000169. The molecule has 0 aliphatic carbocycles. The Morgan fingerprint density at radius 3 is 2.29 bits per heavy atom. The van der Waals surface area contributed by atoms with Crippen LogP contribution in [-0.4, -0.2) is 6.67 Å². The van der Waals surface area contributed by atoms with E-state index >= 15 is 0 Å². The first kappa shape index (κ1) is 13.4. The molecule has 0 spiro atoms. The third-order valence-corrected chi connectivity index (χ3v) is 2.24. The highest BCUT2D eigenvalue weighted by Gasteiger charge is 2.04. The third kappa shape index (κ3) is 3.64. The van der Waals surface area contributed by atoms with Crippen LogP contribution in [0.25, 0.3) is 0 Å². The lowest BCUT2D eigenvalue weighted by atomic mass is 10.0. The molecule has 0 aliphatic heterocycles. The molecular weight excluding hydrogens is 201 g/mol. The van der Waals surface area contributed by atoms with Crippen molar-refractivity contribution in [1.82, 2.24) is 0 Å². The van der Waals surface area contributed by atoms with Gasteiger partial charge in [-0.2, -0.15) is 0 Å². The molecule has 0 aliphatic rings. The lowest BCUT2D eigenvalue weighted by Gasteiger charge is -2.09. The van der Waals surface area contributed by atoms with Crippen LogP contribution in [0.1, 0.15) is 30.5 Å². The van der Waals surface area contributed by atoms with E-state index in [0.29, 0.717) is 6.42 Å². The second-order valence-corrected chi connectivity index (χ2v) is 3.18. The van der Waals surface area contributed by atoms with Crippen molar-refractivity contribution in [2.24, 2.45) is 5.73 Å². The predicted molar refractivity (Wildman–Crippen MR) is 60.6 cm³/mol. The fourth-order valence-corrected chi connectivity index (χ4v) is 1.28. The first-order valence-corrected chi connectivity index (χ1v) is 4.68. The van der Waals surface area contributed by atoms with Crippen LogP contribution in [-0.2, 0) is 6.42 Å². The first-order chi connectivity index (χ1) is 6.27. The smallest absolute Gasteiger partial charge is 0.0912 e. The van der Waals surface area contributed by atoms with Gasteiger partial charge in [-0.05, 0) is 24.0 Å². The molecule has 3 heteroatoms. The van der Waals surface area contributed by atoms with E-state index in [0.717, 1.165) is 12.0 Å². The molecule has 1 nitrogen and oxygen atoms in total. The van der Waals surface area contributed by atoms with E-state index in [1.807, 2.05) is 24.3 Å². The van der Waals surface area contributed by atoms with Gasteiger partial charge >= 0.3 is 0 Å². The Morgan fingerprint density at radius 1 is 1.29 bits per heavy atom. The highest BCUT2D eigenvalue weighted by atomic mass is 35.5. The van der Waals surface area contributed by atoms with Crippen LogP contribution in [0.5, 0.6) is 0 Å². The minimum Gasteiger partial charge on any atom is -0.324 e. The summed E-state index contributed by atoms with van der Waals surface area (Å²) in [7, 11) is 0. The Bertz CT molecular complexity index is 248. The summed E-state index contributed by atoms with van der Waals surface area (Å²) in [5, 5.41) is 0. The molecule has 0 heterocycles. The molecule has 0 aromatic heterocycles. The molecule has 2 N–H and O–H groups in total. The number of rotatable bonds is 4. The zero-order chi connectivity index (χ0) is 9.68. The molecule has 1 aromatic carbocycles. The van der Waals surface area contributed by atoms with Gasteiger partial charge in [0.05, 0.1) is 6.67 Å². The van der Waals surface area contributed by atoms with Crippen molar-refractivity contribution < 1.29 is 4.39 Å². The molecule has 1 atom stereocenters. The molecule has 0 saturated carbocycles. The van der Waals surface area contributed by atoms with E-state index < -0.39 is 0 Å². The lowest BCUT2D eigenvalue weighted by Crippen LogP contribution is -2.10. The molecule has 0 radical (unpaired) electrons. The van der Waals surface area contributed by atoms with Crippen molar-refractivity contribution >= 4 is 12.4 Å². The fourth-order valence-electron chi connectivity index (χ4n) is 1.28. The van der Waals surface area contributed by atoms with E-state index in [1.165, 1.54) is 5.56 Å². The van der Waals surface area contributed by atoms with Crippen LogP contribution in [0.4, 0.5) is 4.39 Å². The van der Waals surface area contributed by atoms with Gasteiger partial charge in [-0.25, -0.2) is 0 Å². The largest absolute Gasteiger partial charge is 0.324 e. The molecule has 0 bridgehead atoms. The van der Waals surface area contributed by atoms with Crippen LogP contribution in [0.15, 0.2) is 24.3 Å². The lowest BCUT2D eigenvalue weighted by molar-refractivity contribution is 0.442. The van der Waals surface area contributed by atoms with E-state index in [-0.39, 0.29) is 25.1 Å². The molecule has 0 amide bonds. The number of benzene rings is 1. The average molecular weight is 218 g/mol. The molecule has 0 unspecified atom stereocenters. The van der Waals surface area contributed by atoms with Crippen LogP contribution in [0.2, 0.25) is 0 Å². The Hall–Kier alpha value is -0.600. The second kappa shape index (κ2) is 6.80. The van der Waals surface area contributed by atoms with E-state index in [4.69, 9.17) is 5.73 Å². The van der Waals surface area contributed by atoms with E-state index in [1.54, 1.807) is 0 Å². The van der Waals surface area contributed by atoms with Crippen LogP contribution in [0.3, 0.4) is 0 Å².